The average Bonchev–Trinajstić information content (AvgIpc) is 2.55. The van der Waals surface area contributed by atoms with Crippen LogP contribution in [-0.4, -0.2) is 48.4 Å². The number of hydrogen-bond donors (Lipinski definition) is 0. The fraction of sp³-hybridized carbons (Fsp3) is 0.450. The second-order valence-corrected chi connectivity index (χ2v) is 6.93. The zero-order chi connectivity index (χ0) is 16.2. The first-order valence-electron chi connectivity index (χ1n) is 8.59. The van der Waals surface area contributed by atoms with E-state index in [2.05, 4.69) is 49.1 Å². The number of benzene rings is 2. The summed E-state index contributed by atoms with van der Waals surface area (Å²) >= 11 is 0. The standard InChI is InChI=1S/C20H26N2O/c1-16(2)15-21-9-11-22(12-10-21)20(23)14-17-7-8-18-5-3-4-6-19(18)13-17/h3-8,13,16H,9-12,14-15H2,1-2H3. The molecular weight excluding hydrogens is 284 g/mol. The van der Waals surface area contributed by atoms with Gasteiger partial charge in [0.1, 0.15) is 0 Å². The van der Waals surface area contributed by atoms with Crippen LogP contribution in [0.2, 0.25) is 0 Å². The summed E-state index contributed by atoms with van der Waals surface area (Å²) < 4.78 is 0. The summed E-state index contributed by atoms with van der Waals surface area (Å²) in [6, 6.07) is 14.6. The van der Waals surface area contributed by atoms with Crippen molar-refractivity contribution in [1.29, 1.82) is 0 Å². The lowest BCUT2D eigenvalue weighted by Crippen LogP contribution is -2.49. The Morgan fingerprint density at radius 2 is 1.70 bits per heavy atom. The van der Waals surface area contributed by atoms with Crippen molar-refractivity contribution in [3.63, 3.8) is 0 Å². The van der Waals surface area contributed by atoms with E-state index in [9.17, 15) is 4.79 Å². The Labute approximate surface area is 138 Å². The minimum absolute atomic E-state index is 0.254. The highest BCUT2D eigenvalue weighted by atomic mass is 16.2. The van der Waals surface area contributed by atoms with Crippen LogP contribution in [0.1, 0.15) is 19.4 Å². The normalized spacial score (nSPS) is 16.2. The molecule has 2 aromatic rings. The highest BCUT2D eigenvalue weighted by Gasteiger charge is 2.21. The summed E-state index contributed by atoms with van der Waals surface area (Å²) in [4.78, 5) is 17.0. The van der Waals surface area contributed by atoms with Gasteiger partial charge < -0.3 is 4.90 Å². The molecule has 0 N–H and O–H groups in total. The number of fused-ring (bicyclic) bond motifs is 1. The van der Waals surface area contributed by atoms with Crippen LogP contribution in [0.4, 0.5) is 0 Å². The number of piperazine rings is 1. The molecular formula is C20H26N2O. The van der Waals surface area contributed by atoms with Gasteiger partial charge in [0.2, 0.25) is 5.91 Å². The van der Waals surface area contributed by atoms with Crippen molar-refractivity contribution in [2.24, 2.45) is 5.92 Å². The van der Waals surface area contributed by atoms with Crippen molar-refractivity contribution in [2.75, 3.05) is 32.7 Å². The van der Waals surface area contributed by atoms with Gasteiger partial charge in [-0.25, -0.2) is 0 Å². The molecule has 1 fully saturated rings. The number of nitrogens with zero attached hydrogens (tertiary/aromatic N) is 2. The van der Waals surface area contributed by atoms with Gasteiger partial charge in [-0.05, 0) is 22.3 Å². The van der Waals surface area contributed by atoms with E-state index in [1.165, 1.54) is 10.8 Å². The number of amides is 1. The lowest BCUT2D eigenvalue weighted by molar-refractivity contribution is -0.132. The Bertz CT molecular complexity index is 672. The maximum Gasteiger partial charge on any atom is 0.227 e. The van der Waals surface area contributed by atoms with Gasteiger partial charge >= 0.3 is 0 Å². The fourth-order valence-electron chi connectivity index (χ4n) is 3.33. The van der Waals surface area contributed by atoms with E-state index in [1.807, 2.05) is 17.0 Å². The van der Waals surface area contributed by atoms with Gasteiger partial charge in [0, 0.05) is 32.7 Å². The number of carbonyl (C=O) groups excluding carboxylic acids is 1. The smallest absolute Gasteiger partial charge is 0.227 e. The summed E-state index contributed by atoms with van der Waals surface area (Å²) in [7, 11) is 0. The molecule has 2 aromatic carbocycles. The van der Waals surface area contributed by atoms with Crippen LogP contribution in [0.15, 0.2) is 42.5 Å². The molecule has 3 rings (SSSR count). The molecule has 0 aliphatic carbocycles. The molecule has 1 heterocycles. The molecule has 1 aliphatic heterocycles. The topological polar surface area (TPSA) is 23.6 Å². The van der Waals surface area contributed by atoms with E-state index in [4.69, 9.17) is 0 Å². The summed E-state index contributed by atoms with van der Waals surface area (Å²) in [6.07, 6.45) is 0.509. The first kappa shape index (κ1) is 16.0. The molecule has 0 radical (unpaired) electrons. The van der Waals surface area contributed by atoms with Crippen LogP contribution in [0.5, 0.6) is 0 Å². The van der Waals surface area contributed by atoms with Gasteiger partial charge in [-0.1, -0.05) is 56.3 Å². The van der Waals surface area contributed by atoms with Crippen molar-refractivity contribution >= 4 is 16.7 Å². The molecule has 1 amide bonds. The summed E-state index contributed by atoms with van der Waals surface area (Å²) in [5.41, 5.74) is 1.11. The van der Waals surface area contributed by atoms with E-state index in [-0.39, 0.29) is 5.91 Å². The summed E-state index contributed by atoms with van der Waals surface area (Å²) in [6.45, 7) is 9.35. The van der Waals surface area contributed by atoms with Crippen LogP contribution in [0.3, 0.4) is 0 Å². The zero-order valence-electron chi connectivity index (χ0n) is 14.2. The Kier molecular flexibility index (Phi) is 4.97. The Hall–Kier alpha value is -1.87. The third-order valence-corrected chi connectivity index (χ3v) is 4.52. The van der Waals surface area contributed by atoms with Crippen LogP contribution < -0.4 is 0 Å². The molecule has 1 aliphatic rings. The van der Waals surface area contributed by atoms with Gasteiger partial charge in [0.25, 0.3) is 0 Å². The molecule has 0 aromatic heterocycles. The molecule has 3 heteroatoms. The quantitative estimate of drug-likeness (QED) is 0.866. The highest BCUT2D eigenvalue weighted by Crippen LogP contribution is 2.17. The van der Waals surface area contributed by atoms with Crippen molar-refractivity contribution < 1.29 is 4.79 Å². The molecule has 0 saturated carbocycles. The minimum atomic E-state index is 0.254. The molecule has 0 atom stereocenters. The Balaban J connectivity index is 1.58. The fourth-order valence-corrected chi connectivity index (χ4v) is 3.33. The summed E-state index contributed by atoms with van der Waals surface area (Å²) in [5.74, 6) is 0.944. The van der Waals surface area contributed by atoms with Gasteiger partial charge in [0.15, 0.2) is 0 Å². The maximum atomic E-state index is 12.5. The molecule has 3 nitrogen and oxygen atoms in total. The lowest BCUT2D eigenvalue weighted by atomic mass is 10.0. The SMILES string of the molecule is CC(C)CN1CCN(C(=O)Cc2ccc3ccccc3c2)CC1. The molecule has 23 heavy (non-hydrogen) atoms. The van der Waals surface area contributed by atoms with Crippen molar-refractivity contribution in [3.05, 3.63) is 48.0 Å². The zero-order valence-corrected chi connectivity index (χ0v) is 14.2. The number of rotatable bonds is 4. The average molecular weight is 310 g/mol. The van der Waals surface area contributed by atoms with Crippen LogP contribution >= 0.6 is 0 Å². The molecule has 0 bridgehead atoms. The van der Waals surface area contributed by atoms with Gasteiger partial charge in [0.05, 0.1) is 6.42 Å². The first-order chi connectivity index (χ1) is 11.1. The van der Waals surface area contributed by atoms with E-state index in [0.29, 0.717) is 12.3 Å². The molecule has 1 saturated heterocycles. The molecule has 0 spiro atoms. The summed E-state index contributed by atoms with van der Waals surface area (Å²) in [5, 5.41) is 2.44. The monoisotopic (exact) mass is 310 g/mol. The third-order valence-electron chi connectivity index (χ3n) is 4.52. The molecule has 0 unspecified atom stereocenters. The van der Waals surface area contributed by atoms with Crippen LogP contribution in [0.25, 0.3) is 10.8 Å². The van der Waals surface area contributed by atoms with Crippen LogP contribution in [-0.2, 0) is 11.2 Å². The predicted molar refractivity (Wildman–Crippen MR) is 95.5 cm³/mol. The van der Waals surface area contributed by atoms with Crippen molar-refractivity contribution in [3.8, 4) is 0 Å². The first-order valence-corrected chi connectivity index (χ1v) is 8.59. The number of carbonyl (C=O) groups is 1. The predicted octanol–water partition coefficient (Wildman–Crippen LogP) is 3.18. The highest BCUT2D eigenvalue weighted by molar-refractivity contribution is 5.85. The van der Waals surface area contributed by atoms with Gasteiger partial charge in [-0.3, -0.25) is 9.69 Å². The number of hydrogen-bond acceptors (Lipinski definition) is 2. The van der Waals surface area contributed by atoms with Gasteiger partial charge in [-0.2, -0.15) is 0 Å². The lowest BCUT2D eigenvalue weighted by Gasteiger charge is -2.35. The second kappa shape index (κ2) is 7.14. The van der Waals surface area contributed by atoms with Gasteiger partial charge in [-0.15, -0.1) is 0 Å². The van der Waals surface area contributed by atoms with E-state index >= 15 is 0 Å². The van der Waals surface area contributed by atoms with E-state index in [0.717, 1.165) is 38.3 Å². The third kappa shape index (κ3) is 4.11. The minimum Gasteiger partial charge on any atom is -0.340 e. The second-order valence-electron chi connectivity index (χ2n) is 6.93. The molecule has 122 valence electrons. The van der Waals surface area contributed by atoms with E-state index in [1.54, 1.807) is 0 Å². The van der Waals surface area contributed by atoms with Crippen molar-refractivity contribution in [2.45, 2.75) is 20.3 Å². The van der Waals surface area contributed by atoms with Crippen molar-refractivity contribution in [1.82, 2.24) is 9.80 Å². The Morgan fingerprint density at radius 3 is 2.39 bits per heavy atom. The van der Waals surface area contributed by atoms with Crippen LogP contribution in [0, 0.1) is 5.92 Å². The largest absolute Gasteiger partial charge is 0.340 e. The van der Waals surface area contributed by atoms with E-state index < -0.39 is 0 Å². The Morgan fingerprint density at radius 1 is 1.00 bits per heavy atom. The maximum absolute atomic E-state index is 12.5.